The molecule has 1 aliphatic rings. The monoisotopic (exact) mass is 460 g/mol. The van der Waals surface area contributed by atoms with Crippen molar-refractivity contribution in [3.8, 4) is 16.9 Å². The van der Waals surface area contributed by atoms with Gasteiger partial charge in [0.25, 0.3) is 0 Å². The van der Waals surface area contributed by atoms with E-state index in [2.05, 4.69) is 22.8 Å². The zero-order valence-electron chi connectivity index (χ0n) is 18.4. The first kappa shape index (κ1) is 22.8. The molecule has 0 heterocycles. The number of aromatic hydroxyl groups is 1. The lowest BCUT2D eigenvalue weighted by Gasteiger charge is -2.17. The Labute approximate surface area is 196 Å². The van der Waals surface area contributed by atoms with Crippen molar-refractivity contribution in [3.05, 3.63) is 83.4 Å². The summed E-state index contributed by atoms with van der Waals surface area (Å²) < 4.78 is 5.48. The topological polar surface area (TPSA) is 125 Å². The molecule has 1 unspecified atom stereocenters. The minimum Gasteiger partial charge on any atom is -0.506 e. The maximum atomic E-state index is 12.4. The van der Waals surface area contributed by atoms with Gasteiger partial charge in [-0.2, -0.15) is 0 Å². The number of phenols is 1. The summed E-state index contributed by atoms with van der Waals surface area (Å²) in [4.78, 5) is 35.8. The number of phenolic OH excluding ortho intramolecular Hbond substituents is 1. The second-order valence-corrected chi connectivity index (χ2v) is 8.16. The number of rotatable bonds is 7. The van der Waals surface area contributed by atoms with Crippen molar-refractivity contribution in [2.75, 3.05) is 11.9 Å². The van der Waals surface area contributed by atoms with Gasteiger partial charge >= 0.3 is 12.1 Å². The van der Waals surface area contributed by atoms with Crippen LogP contribution in [0.5, 0.6) is 5.75 Å². The van der Waals surface area contributed by atoms with Gasteiger partial charge in [0, 0.05) is 18.4 Å². The zero-order valence-corrected chi connectivity index (χ0v) is 18.4. The predicted octanol–water partition coefficient (Wildman–Crippen LogP) is 4.35. The number of benzene rings is 3. The van der Waals surface area contributed by atoms with Crippen LogP contribution < -0.4 is 10.6 Å². The molecule has 0 radical (unpaired) electrons. The average Bonchev–Trinajstić information content (AvgIpc) is 3.12. The highest BCUT2D eigenvalue weighted by Crippen LogP contribution is 2.44. The Kier molecular flexibility index (Phi) is 6.49. The summed E-state index contributed by atoms with van der Waals surface area (Å²) in [6.07, 6.45) is -0.737. The van der Waals surface area contributed by atoms with E-state index in [-0.39, 0.29) is 35.9 Å². The largest absolute Gasteiger partial charge is 0.506 e. The second-order valence-electron chi connectivity index (χ2n) is 8.16. The molecular formula is C26H24N2O6. The number of anilines is 1. The number of amides is 2. The molecule has 1 aliphatic carbocycles. The number of nitrogens with one attached hydrogen (secondary N) is 2. The number of carbonyl (C=O) groups is 3. The van der Waals surface area contributed by atoms with E-state index < -0.39 is 24.0 Å². The zero-order chi connectivity index (χ0) is 24.2. The van der Waals surface area contributed by atoms with Crippen molar-refractivity contribution in [1.29, 1.82) is 0 Å². The first-order valence-corrected chi connectivity index (χ1v) is 10.8. The van der Waals surface area contributed by atoms with E-state index in [1.165, 1.54) is 18.2 Å². The maximum absolute atomic E-state index is 12.4. The smallest absolute Gasteiger partial charge is 0.407 e. The molecule has 0 saturated carbocycles. The molecule has 3 aromatic carbocycles. The van der Waals surface area contributed by atoms with Gasteiger partial charge in [-0.1, -0.05) is 48.5 Å². The first-order valence-electron chi connectivity index (χ1n) is 10.8. The van der Waals surface area contributed by atoms with Gasteiger partial charge in [0.15, 0.2) is 0 Å². The number of hydrogen-bond donors (Lipinski definition) is 4. The highest BCUT2D eigenvalue weighted by Gasteiger charge is 2.29. The van der Waals surface area contributed by atoms with E-state index in [0.717, 1.165) is 22.3 Å². The minimum absolute atomic E-state index is 0.0155. The van der Waals surface area contributed by atoms with Crippen molar-refractivity contribution in [2.45, 2.75) is 25.3 Å². The van der Waals surface area contributed by atoms with Crippen LogP contribution in [0.1, 0.15) is 40.7 Å². The number of carbonyl (C=O) groups excluding carboxylic acids is 2. The molecule has 1 atom stereocenters. The third kappa shape index (κ3) is 4.85. The highest BCUT2D eigenvalue weighted by atomic mass is 16.5. The van der Waals surface area contributed by atoms with Crippen LogP contribution in [0.3, 0.4) is 0 Å². The van der Waals surface area contributed by atoms with Gasteiger partial charge < -0.3 is 25.6 Å². The summed E-state index contributed by atoms with van der Waals surface area (Å²) in [7, 11) is 0. The summed E-state index contributed by atoms with van der Waals surface area (Å²) in [6, 6.07) is 19.1. The van der Waals surface area contributed by atoms with Gasteiger partial charge in [-0.15, -0.1) is 0 Å². The fourth-order valence-electron chi connectivity index (χ4n) is 4.14. The van der Waals surface area contributed by atoms with Crippen LogP contribution in [0.25, 0.3) is 11.1 Å². The number of alkyl carbamates (subject to hydrolysis) is 1. The molecule has 174 valence electrons. The van der Waals surface area contributed by atoms with E-state index in [0.29, 0.717) is 0 Å². The van der Waals surface area contributed by atoms with Gasteiger partial charge in [-0.25, -0.2) is 9.59 Å². The quantitative estimate of drug-likeness (QED) is 0.389. The number of carboxylic acid groups (broad SMARTS) is 1. The van der Waals surface area contributed by atoms with Gasteiger partial charge in [-0.05, 0) is 47.4 Å². The highest BCUT2D eigenvalue weighted by molar-refractivity contribution is 5.95. The van der Waals surface area contributed by atoms with E-state index in [4.69, 9.17) is 9.84 Å². The first-order chi connectivity index (χ1) is 16.3. The van der Waals surface area contributed by atoms with Crippen molar-refractivity contribution in [3.63, 3.8) is 0 Å². The van der Waals surface area contributed by atoms with Crippen LogP contribution in [0.4, 0.5) is 10.5 Å². The fourth-order valence-corrected chi connectivity index (χ4v) is 4.14. The summed E-state index contributed by atoms with van der Waals surface area (Å²) >= 11 is 0. The Balaban J connectivity index is 1.31. The number of aromatic carboxylic acids is 1. The Morgan fingerprint density at radius 2 is 1.59 bits per heavy atom. The lowest BCUT2D eigenvalue weighted by molar-refractivity contribution is -0.116. The van der Waals surface area contributed by atoms with Crippen molar-refractivity contribution in [1.82, 2.24) is 5.32 Å². The summed E-state index contributed by atoms with van der Waals surface area (Å²) in [5.41, 5.74) is 4.38. The normalized spacial score (nSPS) is 12.9. The predicted molar refractivity (Wildman–Crippen MR) is 126 cm³/mol. The van der Waals surface area contributed by atoms with E-state index in [1.807, 2.05) is 36.4 Å². The van der Waals surface area contributed by atoms with Crippen molar-refractivity contribution < 1.29 is 29.3 Å². The molecule has 0 saturated heterocycles. The molecule has 0 fully saturated rings. The SMILES string of the molecule is CC(CC(=O)Nc1cc(C(=O)O)ccc1O)NC(=O)OCC1c2ccccc2-c2ccccc21. The molecule has 0 spiro atoms. The molecule has 4 rings (SSSR count). The van der Waals surface area contributed by atoms with Gasteiger partial charge in [0.05, 0.1) is 11.3 Å². The average molecular weight is 460 g/mol. The Morgan fingerprint density at radius 1 is 0.971 bits per heavy atom. The molecule has 0 bridgehead atoms. The molecule has 4 N–H and O–H groups in total. The van der Waals surface area contributed by atoms with Crippen LogP contribution in [0, 0.1) is 0 Å². The van der Waals surface area contributed by atoms with E-state index in [9.17, 15) is 19.5 Å². The second kappa shape index (κ2) is 9.66. The van der Waals surface area contributed by atoms with Crippen LogP contribution in [0.2, 0.25) is 0 Å². The Bertz CT molecular complexity index is 1210. The number of fused-ring (bicyclic) bond motifs is 3. The van der Waals surface area contributed by atoms with E-state index >= 15 is 0 Å². The number of hydrogen-bond acceptors (Lipinski definition) is 5. The molecule has 0 aromatic heterocycles. The Morgan fingerprint density at radius 3 is 2.21 bits per heavy atom. The van der Waals surface area contributed by atoms with Gasteiger partial charge in [0.1, 0.15) is 12.4 Å². The Hall–Kier alpha value is -4.33. The summed E-state index contributed by atoms with van der Waals surface area (Å²) in [5, 5.41) is 24.0. The summed E-state index contributed by atoms with van der Waals surface area (Å²) in [5.74, 6) is -2.00. The molecule has 34 heavy (non-hydrogen) atoms. The standard InChI is InChI=1S/C26H24N2O6/c1-15(12-24(30)28-22-13-16(25(31)32)10-11-23(22)29)27-26(33)34-14-21-19-8-4-2-6-17(19)18-7-3-5-9-20(18)21/h2-11,13,15,21,29H,12,14H2,1H3,(H,27,33)(H,28,30)(H,31,32). The van der Waals surface area contributed by atoms with Crippen LogP contribution >= 0.6 is 0 Å². The molecule has 8 heteroatoms. The summed E-state index contributed by atoms with van der Waals surface area (Å²) in [6.45, 7) is 1.81. The molecular weight excluding hydrogens is 436 g/mol. The van der Waals surface area contributed by atoms with Crippen molar-refractivity contribution >= 4 is 23.7 Å². The van der Waals surface area contributed by atoms with Gasteiger partial charge in [-0.3, -0.25) is 4.79 Å². The lowest BCUT2D eigenvalue weighted by atomic mass is 9.98. The third-order valence-electron chi connectivity index (χ3n) is 5.72. The van der Waals surface area contributed by atoms with Crippen LogP contribution in [-0.4, -0.2) is 40.8 Å². The number of ether oxygens (including phenoxy) is 1. The fraction of sp³-hybridized carbons (Fsp3) is 0.192. The maximum Gasteiger partial charge on any atom is 0.407 e. The van der Waals surface area contributed by atoms with Crippen LogP contribution in [-0.2, 0) is 9.53 Å². The van der Waals surface area contributed by atoms with E-state index in [1.54, 1.807) is 6.92 Å². The molecule has 2 amide bonds. The minimum atomic E-state index is -1.18. The molecule has 8 nitrogen and oxygen atoms in total. The number of carboxylic acids is 1. The van der Waals surface area contributed by atoms with Crippen LogP contribution in [0.15, 0.2) is 66.7 Å². The van der Waals surface area contributed by atoms with Crippen molar-refractivity contribution in [2.24, 2.45) is 0 Å². The van der Waals surface area contributed by atoms with Gasteiger partial charge in [0.2, 0.25) is 5.91 Å². The third-order valence-corrected chi connectivity index (χ3v) is 5.72. The molecule has 0 aliphatic heterocycles. The molecule has 3 aromatic rings. The lowest BCUT2D eigenvalue weighted by Crippen LogP contribution is -2.36.